The highest BCUT2D eigenvalue weighted by atomic mass is 35.5. The Morgan fingerprint density at radius 2 is 2.26 bits per heavy atom. The molecule has 2 rings (SSSR count). The van der Waals surface area contributed by atoms with Crippen LogP contribution < -0.4 is 5.32 Å². The van der Waals surface area contributed by atoms with Gasteiger partial charge >= 0.3 is 0 Å². The van der Waals surface area contributed by atoms with Crippen molar-refractivity contribution in [2.45, 2.75) is 32.2 Å². The molecule has 0 bridgehead atoms. The van der Waals surface area contributed by atoms with Crippen LogP contribution in [0.5, 0.6) is 0 Å². The second-order valence-corrected chi connectivity index (χ2v) is 5.15. The van der Waals surface area contributed by atoms with Gasteiger partial charge < -0.3 is 5.32 Å². The van der Waals surface area contributed by atoms with E-state index in [9.17, 15) is 10.1 Å². The fourth-order valence-electron chi connectivity index (χ4n) is 2.29. The first-order chi connectivity index (χ1) is 9.16. The number of nitro groups is 1. The summed E-state index contributed by atoms with van der Waals surface area (Å²) in [7, 11) is 0. The molecule has 0 spiro atoms. The summed E-state index contributed by atoms with van der Waals surface area (Å²) in [4.78, 5) is 10.5. The molecule has 0 aromatic heterocycles. The molecule has 0 aliphatic heterocycles. The number of allylic oxidation sites excluding steroid dienone is 1. The zero-order valence-corrected chi connectivity index (χ0v) is 11.4. The summed E-state index contributed by atoms with van der Waals surface area (Å²) >= 11 is 5.78. The Morgan fingerprint density at radius 3 is 2.95 bits per heavy atom. The molecule has 1 aromatic rings. The molecule has 0 saturated carbocycles. The molecule has 5 heteroatoms. The van der Waals surface area contributed by atoms with Gasteiger partial charge in [-0.05, 0) is 44.4 Å². The second-order valence-electron chi connectivity index (χ2n) is 4.71. The zero-order valence-electron chi connectivity index (χ0n) is 10.7. The molecule has 1 N–H and O–H groups in total. The smallest absolute Gasteiger partial charge is 0.275 e. The number of hydrogen-bond acceptors (Lipinski definition) is 3. The van der Waals surface area contributed by atoms with Crippen molar-refractivity contribution < 1.29 is 4.92 Å². The van der Waals surface area contributed by atoms with Crippen LogP contribution in [0.1, 0.15) is 31.2 Å². The highest BCUT2D eigenvalue weighted by Gasteiger charge is 2.13. The predicted octanol–water partition coefficient (Wildman–Crippen LogP) is 3.84. The SMILES string of the molecule is O=[N+]([O-])c1cc(Cl)ccc1CNCCC1=CCCC1. The van der Waals surface area contributed by atoms with Gasteiger partial charge in [0, 0.05) is 23.2 Å². The van der Waals surface area contributed by atoms with Crippen molar-refractivity contribution in [3.8, 4) is 0 Å². The summed E-state index contributed by atoms with van der Waals surface area (Å²) in [5, 5.41) is 14.6. The summed E-state index contributed by atoms with van der Waals surface area (Å²) in [6.07, 6.45) is 6.98. The van der Waals surface area contributed by atoms with Gasteiger partial charge in [0.15, 0.2) is 0 Å². The highest BCUT2D eigenvalue weighted by Crippen LogP contribution is 2.23. The monoisotopic (exact) mass is 280 g/mol. The van der Waals surface area contributed by atoms with E-state index in [1.165, 1.54) is 30.9 Å². The summed E-state index contributed by atoms with van der Waals surface area (Å²) in [5.74, 6) is 0. The lowest BCUT2D eigenvalue weighted by Crippen LogP contribution is -2.16. The van der Waals surface area contributed by atoms with Gasteiger partial charge in [0.25, 0.3) is 5.69 Å². The summed E-state index contributed by atoms with van der Waals surface area (Å²) in [6.45, 7) is 1.35. The average Bonchev–Trinajstić information content (AvgIpc) is 2.89. The minimum atomic E-state index is -0.387. The fraction of sp³-hybridized carbons (Fsp3) is 0.429. The van der Waals surface area contributed by atoms with Crippen LogP contribution in [0.15, 0.2) is 29.8 Å². The minimum absolute atomic E-state index is 0.0834. The quantitative estimate of drug-likeness (QED) is 0.373. The van der Waals surface area contributed by atoms with E-state index in [1.807, 2.05) is 0 Å². The molecule has 0 saturated heterocycles. The van der Waals surface area contributed by atoms with Crippen LogP contribution in [0.4, 0.5) is 5.69 Å². The molecule has 0 radical (unpaired) electrons. The molecule has 0 fully saturated rings. The molecule has 1 aliphatic rings. The molecule has 4 nitrogen and oxygen atoms in total. The number of nitro benzene ring substituents is 1. The number of nitrogens with zero attached hydrogens (tertiary/aromatic N) is 1. The van der Waals surface area contributed by atoms with Crippen LogP contribution in [0.3, 0.4) is 0 Å². The van der Waals surface area contributed by atoms with E-state index >= 15 is 0 Å². The van der Waals surface area contributed by atoms with Crippen LogP contribution >= 0.6 is 11.6 Å². The van der Waals surface area contributed by atoms with Gasteiger partial charge in [-0.25, -0.2) is 0 Å². The number of nitrogens with one attached hydrogen (secondary N) is 1. The van der Waals surface area contributed by atoms with Crippen LogP contribution in [0, 0.1) is 10.1 Å². The van der Waals surface area contributed by atoms with Crippen LogP contribution in [0.25, 0.3) is 0 Å². The molecular weight excluding hydrogens is 264 g/mol. The average molecular weight is 281 g/mol. The van der Waals surface area contributed by atoms with Crippen molar-refractivity contribution in [2.24, 2.45) is 0 Å². The van der Waals surface area contributed by atoms with Gasteiger partial charge in [-0.15, -0.1) is 0 Å². The van der Waals surface area contributed by atoms with Gasteiger partial charge in [-0.2, -0.15) is 0 Å². The van der Waals surface area contributed by atoms with Crippen molar-refractivity contribution in [3.63, 3.8) is 0 Å². The third-order valence-electron chi connectivity index (χ3n) is 3.32. The Balaban J connectivity index is 1.86. The van der Waals surface area contributed by atoms with Gasteiger partial charge in [-0.3, -0.25) is 10.1 Å². The summed E-state index contributed by atoms with van der Waals surface area (Å²) in [6, 6.07) is 4.80. The standard InChI is InChI=1S/C14H17ClN2O2/c15-13-6-5-12(14(9-13)17(18)19)10-16-8-7-11-3-1-2-4-11/h3,5-6,9,16H,1-2,4,7-8,10H2. The fourth-order valence-corrected chi connectivity index (χ4v) is 2.46. The van der Waals surface area contributed by atoms with Crippen molar-refractivity contribution >= 4 is 17.3 Å². The topological polar surface area (TPSA) is 55.2 Å². The highest BCUT2D eigenvalue weighted by molar-refractivity contribution is 6.30. The Bertz CT molecular complexity index is 500. The first kappa shape index (κ1) is 14.0. The van der Waals surface area contributed by atoms with E-state index < -0.39 is 0 Å². The zero-order chi connectivity index (χ0) is 13.7. The number of halogens is 1. The van der Waals surface area contributed by atoms with E-state index in [4.69, 9.17) is 11.6 Å². The first-order valence-electron chi connectivity index (χ1n) is 6.48. The van der Waals surface area contributed by atoms with Gasteiger partial charge in [0.05, 0.1) is 4.92 Å². The molecule has 1 aromatic carbocycles. The Labute approximate surface area is 117 Å². The summed E-state index contributed by atoms with van der Waals surface area (Å²) in [5.41, 5.74) is 2.26. The lowest BCUT2D eigenvalue weighted by atomic mass is 10.1. The third-order valence-corrected chi connectivity index (χ3v) is 3.55. The number of rotatable bonds is 6. The second kappa shape index (κ2) is 6.68. The molecule has 1 aliphatic carbocycles. The Hall–Kier alpha value is -1.39. The molecule has 0 unspecified atom stereocenters. The van der Waals surface area contributed by atoms with Crippen molar-refractivity contribution in [3.05, 3.63) is 50.5 Å². The van der Waals surface area contributed by atoms with Crippen molar-refractivity contribution in [1.29, 1.82) is 0 Å². The van der Waals surface area contributed by atoms with E-state index in [0.29, 0.717) is 17.1 Å². The Morgan fingerprint density at radius 1 is 1.42 bits per heavy atom. The van der Waals surface area contributed by atoms with Crippen molar-refractivity contribution in [2.75, 3.05) is 6.54 Å². The first-order valence-corrected chi connectivity index (χ1v) is 6.86. The third kappa shape index (κ3) is 4.04. The van der Waals surface area contributed by atoms with Gasteiger partial charge in [0.1, 0.15) is 0 Å². The minimum Gasteiger partial charge on any atom is -0.312 e. The van der Waals surface area contributed by atoms with E-state index in [-0.39, 0.29) is 10.6 Å². The molecule has 102 valence electrons. The Kier molecular flexibility index (Phi) is 4.93. The maximum Gasteiger partial charge on any atom is 0.275 e. The molecule has 0 heterocycles. The van der Waals surface area contributed by atoms with Crippen molar-refractivity contribution in [1.82, 2.24) is 5.32 Å². The van der Waals surface area contributed by atoms with Gasteiger partial charge in [0.2, 0.25) is 0 Å². The van der Waals surface area contributed by atoms with E-state index in [2.05, 4.69) is 11.4 Å². The lowest BCUT2D eigenvalue weighted by molar-refractivity contribution is -0.385. The molecular formula is C14H17ClN2O2. The van der Waals surface area contributed by atoms with Gasteiger partial charge in [-0.1, -0.05) is 23.3 Å². The predicted molar refractivity (Wildman–Crippen MR) is 76.4 cm³/mol. The number of benzene rings is 1. The molecule has 0 amide bonds. The largest absolute Gasteiger partial charge is 0.312 e. The molecule has 0 atom stereocenters. The lowest BCUT2D eigenvalue weighted by Gasteiger charge is -2.06. The summed E-state index contributed by atoms with van der Waals surface area (Å²) < 4.78 is 0. The maximum atomic E-state index is 10.9. The normalized spacial score (nSPS) is 14.5. The van der Waals surface area contributed by atoms with E-state index in [0.717, 1.165) is 13.0 Å². The van der Waals surface area contributed by atoms with Crippen LogP contribution in [0.2, 0.25) is 5.02 Å². The van der Waals surface area contributed by atoms with E-state index in [1.54, 1.807) is 12.1 Å². The molecule has 19 heavy (non-hydrogen) atoms. The number of hydrogen-bond donors (Lipinski definition) is 1. The van der Waals surface area contributed by atoms with Crippen LogP contribution in [-0.4, -0.2) is 11.5 Å². The van der Waals surface area contributed by atoms with Crippen LogP contribution in [-0.2, 0) is 6.54 Å². The maximum absolute atomic E-state index is 10.9.